The smallest absolute Gasteiger partial charge is 0.0772 e. The van der Waals surface area contributed by atoms with Crippen LogP contribution in [0.4, 0.5) is 0 Å². The van der Waals surface area contributed by atoms with Crippen LogP contribution in [0.1, 0.15) is 50.2 Å². The van der Waals surface area contributed by atoms with Crippen LogP contribution >= 0.6 is 11.5 Å². The molecule has 1 aromatic heterocycles. The molecule has 1 atom stereocenters. The van der Waals surface area contributed by atoms with E-state index in [0.717, 1.165) is 23.4 Å². The molecule has 4 heteroatoms. The minimum absolute atomic E-state index is 0.106. The van der Waals surface area contributed by atoms with E-state index in [1.54, 1.807) is 0 Å². The van der Waals surface area contributed by atoms with Crippen molar-refractivity contribution < 1.29 is 0 Å². The largest absolute Gasteiger partial charge is 0.323 e. The predicted molar refractivity (Wildman–Crippen MR) is 60.3 cm³/mol. The molecule has 1 unspecified atom stereocenters. The number of aryl methyl sites for hydroxylation is 1. The van der Waals surface area contributed by atoms with Crippen LogP contribution in [0.5, 0.6) is 0 Å². The molecule has 0 aromatic carbocycles. The molecule has 0 radical (unpaired) electrons. The Balaban J connectivity index is 2.51. The van der Waals surface area contributed by atoms with E-state index in [-0.39, 0.29) is 6.04 Å². The molecule has 1 aromatic rings. The summed E-state index contributed by atoms with van der Waals surface area (Å²) in [5.74, 6) is 0. The Hall–Kier alpha value is -0.480. The number of aromatic nitrogens is 2. The third kappa shape index (κ3) is 3.35. The van der Waals surface area contributed by atoms with Crippen molar-refractivity contribution in [1.29, 1.82) is 0 Å². The van der Waals surface area contributed by atoms with Crippen molar-refractivity contribution >= 4 is 11.5 Å². The summed E-state index contributed by atoms with van der Waals surface area (Å²) in [6, 6.07) is 0.106. The molecule has 0 bridgehead atoms. The second-order valence-electron chi connectivity index (χ2n) is 4.93. The summed E-state index contributed by atoms with van der Waals surface area (Å²) in [6.07, 6.45) is 2.14. The van der Waals surface area contributed by atoms with Crippen molar-refractivity contribution in [2.24, 2.45) is 11.1 Å². The van der Waals surface area contributed by atoms with Crippen LogP contribution in [-0.2, 0) is 0 Å². The quantitative estimate of drug-likeness (QED) is 0.840. The Labute approximate surface area is 89.9 Å². The Morgan fingerprint density at radius 1 is 1.43 bits per heavy atom. The first-order chi connectivity index (χ1) is 6.40. The van der Waals surface area contributed by atoms with Gasteiger partial charge in [-0.05, 0) is 36.7 Å². The molecule has 0 saturated heterocycles. The summed E-state index contributed by atoms with van der Waals surface area (Å²) in [6.45, 7) is 8.67. The number of hydrogen-bond acceptors (Lipinski definition) is 4. The van der Waals surface area contributed by atoms with Crippen molar-refractivity contribution in [3.63, 3.8) is 0 Å². The van der Waals surface area contributed by atoms with Gasteiger partial charge in [0.25, 0.3) is 0 Å². The lowest BCUT2D eigenvalue weighted by Crippen LogP contribution is -2.14. The second-order valence-corrected chi connectivity index (χ2v) is 5.71. The molecule has 0 saturated carbocycles. The van der Waals surface area contributed by atoms with Gasteiger partial charge in [-0.15, -0.1) is 5.10 Å². The Bertz CT molecular complexity index is 288. The van der Waals surface area contributed by atoms with Gasteiger partial charge in [0.1, 0.15) is 0 Å². The van der Waals surface area contributed by atoms with Gasteiger partial charge in [0.05, 0.1) is 10.6 Å². The van der Waals surface area contributed by atoms with Crippen LogP contribution in [0.15, 0.2) is 0 Å². The SMILES string of the molecule is Cc1nnsc1C(N)CCC(C)(C)C. The summed E-state index contributed by atoms with van der Waals surface area (Å²) in [5.41, 5.74) is 7.41. The zero-order valence-electron chi connectivity index (χ0n) is 9.37. The highest BCUT2D eigenvalue weighted by Gasteiger charge is 2.17. The van der Waals surface area contributed by atoms with E-state index >= 15 is 0 Å². The second kappa shape index (κ2) is 4.36. The lowest BCUT2D eigenvalue weighted by Gasteiger charge is -2.20. The van der Waals surface area contributed by atoms with Crippen LogP contribution in [0.2, 0.25) is 0 Å². The Kier molecular flexibility index (Phi) is 3.61. The fraction of sp³-hybridized carbons (Fsp3) is 0.800. The first-order valence-corrected chi connectivity index (χ1v) is 5.72. The lowest BCUT2D eigenvalue weighted by atomic mass is 9.88. The van der Waals surface area contributed by atoms with E-state index < -0.39 is 0 Å². The zero-order chi connectivity index (χ0) is 10.8. The van der Waals surface area contributed by atoms with Gasteiger partial charge in [0, 0.05) is 6.04 Å². The topological polar surface area (TPSA) is 51.8 Å². The van der Waals surface area contributed by atoms with Crippen LogP contribution in [0.3, 0.4) is 0 Å². The van der Waals surface area contributed by atoms with Gasteiger partial charge in [-0.1, -0.05) is 25.3 Å². The molecule has 14 heavy (non-hydrogen) atoms. The van der Waals surface area contributed by atoms with Crippen LogP contribution in [0, 0.1) is 12.3 Å². The van der Waals surface area contributed by atoms with E-state index in [0.29, 0.717) is 5.41 Å². The average Bonchev–Trinajstić information content (AvgIpc) is 2.46. The van der Waals surface area contributed by atoms with E-state index in [1.165, 1.54) is 11.5 Å². The highest BCUT2D eigenvalue weighted by atomic mass is 32.1. The van der Waals surface area contributed by atoms with Crippen LogP contribution in [-0.4, -0.2) is 9.59 Å². The summed E-state index contributed by atoms with van der Waals surface area (Å²) >= 11 is 1.42. The minimum atomic E-state index is 0.106. The van der Waals surface area contributed by atoms with Gasteiger partial charge in [0.2, 0.25) is 0 Å². The maximum Gasteiger partial charge on any atom is 0.0772 e. The van der Waals surface area contributed by atoms with Crippen molar-refractivity contribution in [2.45, 2.75) is 46.6 Å². The van der Waals surface area contributed by atoms with Crippen molar-refractivity contribution in [2.75, 3.05) is 0 Å². The van der Waals surface area contributed by atoms with Gasteiger partial charge in [-0.3, -0.25) is 0 Å². The Morgan fingerprint density at radius 2 is 2.07 bits per heavy atom. The fourth-order valence-corrected chi connectivity index (χ4v) is 1.97. The summed E-state index contributed by atoms with van der Waals surface area (Å²) in [4.78, 5) is 1.13. The monoisotopic (exact) mass is 213 g/mol. The number of rotatable bonds is 3. The number of hydrogen-bond donors (Lipinski definition) is 1. The molecule has 1 heterocycles. The first kappa shape index (κ1) is 11.6. The third-order valence-corrected chi connectivity index (χ3v) is 3.19. The van der Waals surface area contributed by atoms with Crippen LogP contribution in [0.25, 0.3) is 0 Å². The number of nitrogens with two attached hydrogens (primary N) is 1. The molecule has 0 fully saturated rings. The average molecular weight is 213 g/mol. The molecule has 3 nitrogen and oxygen atoms in total. The normalized spacial score (nSPS) is 14.4. The predicted octanol–water partition coefficient (Wildman–Crippen LogP) is 2.67. The zero-order valence-corrected chi connectivity index (χ0v) is 10.2. The molecular weight excluding hydrogens is 194 g/mol. The standard InChI is InChI=1S/C10H19N3S/c1-7-9(14-13-12-7)8(11)5-6-10(2,3)4/h8H,5-6,11H2,1-4H3. The van der Waals surface area contributed by atoms with Crippen LogP contribution < -0.4 is 5.73 Å². The van der Waals surface area contributed by atoms with Crippen molar-refractivity contribution in [3.05, 3.63) is 10.6 Å². The molecule has 0 aliphatic heterocycles. The van der Waals surface area contributed by atoms with E-state index in [9.17, 15) is 0 Å². The minimum Gasteiger partial charge on any atom is -0.323 e. The van der Waals surface area contributed by atoms with Crippen molar-refractivity contribution in [1.82, 2.24) is 9.59 Å². The van der Waals surface area contributed by atoms with E-state index in [2.05, 4.69) is 30.4 Å². The summed E-state index contributed by atoms with van der Waals surface area (Å²) in [5, 5.41) is 3.97. The third-order valence-electron chi connectivity index (χ3n) is 2.23. The maximum atomic E-state index is 6.08. The Morgan fingerprint density at radius 3 is 2.50 bits per heavy atom. The lowest BCUT2D eigenvalue weighted by molar-refractivity contribution is 0.350. The molecular formula is C10H19N3S. The summed E-state index contributed by atoms with van der Waals surface area (Å²) in [7, 11) is 0. The molecule has 1 rings (SSSR count). The van der Waals surface area contributed by atoms with Gasteiger partial charge in [0.15, 0.2) is 0 Å². The van der Waals surface area contributed by atoms with Gasteiger partial charge in [-0.2, -0.15) is 0 Å². The fourth-order valence-electron chi connectivity index (χ4n) is 1.30. The first-order valence-electron chi connectivity index (χ1n) is 4.94. The highest BCUT2D eigenvalue weighted by molar-refractivity contribution is 7.05. The van der Waals surface area contributed by atoms with E-state index in [1.807, 2.05) is 6.92 Å². The molecule has 0 aliphatic carbocycles. The highest BCUT2D eigenvalue weighted by Crippen LogP contribution is 2.28. The van der Waals surface area contributed by atoms with Gasteiger partial charge in [-0.25, -0.2) is 0 Å². The van der Waals surface area contributed by atoms with Crippen molar-refractivity contribution in [3.8, 4) is 0 Å². The maximum absolute atomic E-state index is 6.08. The van der Waals surface area contributed by atoms with E-state index in [4.69, 9.17) is 5.73 Å². The molecule has 2 N–H and O–H groups in total. The molecule has 0 amide bonds. The summed E-state index contributed by atoms with van der Waals surface area (Å²) < 4.78 is 3.90. The number of nitrogens with zero attached hydrogens (tertiary/aromatic N) is 2. The molecule has 80 valence electrons. The molecule has 0 spiro atoms. The van der Waals surface area contributed by atoms with Gasteiger partial charge < -0.3 is 5.73 Å². The molecule has 0 aliphatic rings. The van der Waals surface area contributed by atoms with Gasteiger partial charge >= 0.3 is 0 Å².